The predicted octanol–water partition coefficient (Wildman–Crippen LogP) is 0.400. The Morgan fingerprint density at radius 3 is 2.85 bits per heavy atom. The second-order valence-electron chi connectivity index (χ2n) is 2.91. The molecule has 0 saturated carbocycles. The normalized spacial score (nSPS) is 10.3. The van der Waals surface area contributed by atoms with Gasteiger partial charge in [-0.25, -0.2) is 0 Å². The van der Waals surface area contributed by atoms with E-state index in [4.69, 9.17) is 0 Å². The first kappa shape index (κ1) is 7.91. The molecule has 4 heteroatoms. The summed E-state index contributed by atoms with van der Waals surface area (Å²) >= 11 is 0. The van der Waals surface area contributed by atoms with Crippen LogP contribution in [0.4, 0.5) is 0 Å². The second kappa shape index (κ2) is 2.97. The van der Waals surface area contributed by atoms with Gasteiger partial charge >= 0.3 is 0 Å². The fourth-order valence-corrected chi connectivity index (χ4v) is 1.27. The molecule has 0 amide bonds. The maximum absolute atomic E-state index is 4.09. The summed E-state index contributed by atoms with van der Waals surface area (Å²) in [6.45, 7) is 2.05. The smallest absolute Gasteiger partial charge is 0.206 e. The molecule has 0 unspecified atom stereocenters. The number of hydrogen-bond donors (Lipinski definition) is 0. The first-order valence-corrected chi connectivity index (χ1v) is 4.10. The maximum Gasteiger partial charge on any atom is 0.206 e. The van der Waals surface area contributed by atoms with Crippen molar-refractivity contribution in [2.24, 2.45) is 7.05 Å². The molecule has 66 valence electrons. The number of rotatable bonds is 1. The van der Waals surface area contributed by atoms with Crippen LogP contribution in [0.2, 0.25) is 0 Å². The average Bonchev–Trinajstić information content (AvgIpc) is 2.52. The first-order chi connectivity index (χ1) is 6.29. The van der Waals surface area contributed by atoms with Crippen molar-refractivity contribution < 1.29 is 4.68 Å². The van der Waals surface area contributed by atoms with Gasteiger partial charge in [0, 0.05) is 16.9 Å². The van der Waals surface area contributed by atoms with E-state index in [1.165, 1.54) is 5.56 Å². The minimum Gasteiger partial charge on any atom is -0.260 e. The van der Waals surface area contributed by atoms with Crippen LogP contribution in [0.3, 0.4) is 0 Å². The third kappa shape index (κ3) is 1.30. The Hall–Kier alpha value is -1.71. The van der Waals surface area contributed by atoms with Crippen molar-refractivity contribution in [3.05, 3.63) is 36.4 Å². The summed E-state index contributed by atoms with van der Waals surface area (Å²) in [7, 11) is 1.90. The van der Waals surface area contributed by atoms with Gasteiger partial charge in [-0.3, -0.25) is 4.98 Å². The van der Waals surface area contributed by atoms with Gasteiger partial charge in [0.1, 0.15) is 0 Å². The van der Waals surface area contributed by atoms with Crippen LogP contribution in [-0.4, -0.2) is 14.9 Å². The third-order valence-corrected chi connectivity index (χ3v) is 2.01. The quantitative estimate of drug-likeness (QED) is 0.588. The van der Waals surface area contributed by atoms with Crippen LogP contribution in [-0.2, 0) is 7.05 Å². The number of aryl methyl sites for hydroxylation is 2. The second-order valence-corrected chi connectivity index (χ2v) is 2.91. The summed E-state index contributed by atoms with van der Waals surface area (Å²) in [6.07, 6.45) is 7.28. The fraction of sp³-hybridized carbons (Fsp3) is 0.222. The highest BCUT2D eigenvalue weighted by molar-refractivity contribution is 5.27. The van der Waals surface area contributed by atoms with E-state index in [-0.39, 0.29) is 0 Å². The molecule has 0 fully saturated rings. The highest BCUT2D eigenvalue weighted by atomic mass is 15.5. The Morgan fingerprint density at radius 1 is 1.38 bits per heavy atom. The highest BCUT2D eigenvalue weighted by Crippen LogP contribution is 2.02. The molecule has 2 aromatic rings. The van der Waals surface area contributed by atoms with E-state index < -0.39 is 0 Å². The summed E-state index contributed by atoms with van der Waals surface area (Å²) in [6, 6.07) is 1.98. The molecule has 0 N–H and O–H groups in total. The lowest BCUT2D eigenvalue weighted by Gasteiger charge is -1.99. The zero-order valence-corrected chi connectivity index (χ0v) is 7.68. The molecule has 2 heterocycles. The van der Waals surface area contributed by atoms with Gasteiger partial charge < -0.3 is 0 Å². The van der Waals surface area contributed by atoms with E-state index in [2.05, 4.69) is 17.0 Å². The van der Waals surface area contributed by atoms with Crippen molar-refractivity contribution in [2.45, 2.75) is 6.92 Å². The Balaban J connectivity index is 2.59. The zero-order valence-electron chi connectivity index (χ0n) is 7.68. The SMILES string of the molecule is Cc1ccncc1-[n+]1ccnn1C. The summed E-state index contributed by atoms with van der Waals surface area (Å²) < 4.78 is 1.95. The summed E-state index contributed by atoms with van der Waals surface area (Å²) in [4.78, 5) is 5.85. The van der Waals surface area contributed by atoms with Crippen LogP contribution in [0.15, 0.2) is 30.9 Å². The molecule has 13 heavy (non-hydrogen) atoms. The van der Waals surface area contributed by atoms with Crippen LogP contribution >= 0.6 is 0 Å². The van der Waals surface area contributed by atoms with Gasteiger partial charge in [-0.05, 0) is 17.8 Å². The zero-order chi connectivity index (χ0) is 9.26. The van der Waals surface area contributed by atoms with Crippen LogP contribution in [0.25, 0.3) is 5.69 Å². The first-order valence-electron chi connectivity index (χ1n) is 4.10. The number of hydrogen-bond acceptors (Lipinski definition) is 2. The molecule has 0 saturated heterocycles. The lowest BCUT2D eigenvalue weighted by molar-refractivity contribution is -0.688. The van der Waals surface area contributed by atoms with Crippen molar-refractivity contribution in [1.29, 1.82) is 0 Å². The maximum atomic E-state index is 4.09. The molecule has 0 aromatic carbocycles. The minimum atomic E-state index is 1.06. The molecule has 0 aliphatic carbocycles. The molecule has 0 spiro atoms. The van der Waals surface area contributed by atoms with Gasteiger partial charge in [0.05, 0.1) is 13.2 Å². The summed E-state index contributed by atoms with van der Waals surface area (Å²) in [5.74, 6) is 0. The van der Waals surface area contributed by atoms with Gasteiger partial charge in [-0.1, -0.05) is 0 Å². The number of aromatic nitrogens is 4. The monoisotopic (exact) mass is 175 g/mol. The van der Waals surface area contributed by atoms with Crippen LogP contribution < -0.4 is 4.68 Å². The fourth-order valence-electron chi connectivity index (χ4n) is 1.27. The number of pyridine rings is 1. The van der Waals surface area contributed by atoms with Crippen LogP contribution in [0.1, 0.15) is 5.56 Å². The van der Waals surface area contributed by atoms with E-state index in [9.17, 15) is 0 Å². The van der Waals surface area contributed by atoms with Crippen molar-refractivity contribution in [2.75, 3.05) is 0 Å². The van der Waals surface area contributed by atoms with E-state index >= 15 is 0 Å². The van der Waals surface area contributed by atoms with Crippen molar-refractivity contribution in [3.63, 3.8) is 0 Å². The summed E-state index contributed by atoms with van der Waals surface area (Å²) in [5, 5.41) is 4.09. The van der Waals surface area contributed by atoms with E-state index in [1.807, 2.05) is 30.2 Å². The predicted molar refractivity (Wildman–Crippen MR) is 47.3 cm³/mol. The van der Waals surface area contributed by atoms with Gasteiger partial charge in [-0.2, -0.15) is 0 Å². The van der Waals surface area contributed by atoms with Gasteiger partial charge in [0.2, 0.25) is 6.20 Å². The molecule has 4 nitrogen and oxygen atoms in total. The average molecular weight is 175 g/mol. The molecule has 0 atom stereocenters. The van der Waals surface area contributed by atoms with E-state index in [0.29, 0.717) is 0 Å². The summed E-state index contributed by atoms with van der Waals surface area (Å²) in [5.41, 5.74) is 2.24. The third-order valence-electron chi connectivity index (χ3n) is 2.01. The molecule has 0 radical (unpaired) electrons. The Labute approximate surface area is 76.4 Å². The molecule has 2 aromatic heterocycles. The number of nitrogens with zero attached hydrogens (tertiary/aromatic N) is 4. The van der Waals surface area contributed by atoms with Crippen LogP contribution in [0, 0.1) is 6.92 Å². The topological polar surface area (TPSA) is 34.6 Å². The Morgan fingerprint density at radius 2 is 2.23 bits per heavy atom. The van der Waals surface area contributed by atoms with Crippen LogP contribution in [0.5, 0.6) is 0 Å². The molecule has 2 rings (SSSR count). The molecular formula is C9H11N4+. The Bertz CT molecular complexity index is 419. The van der Waals surface area contributed by atoms with Gasteiger partial charge in [0.25, 0.3) is 0 Å². The molecule has 0 aliphatic rings. The van der Waals surface area contributed by atoms with Crippen molar-refractivity contribution in [1.82, 2.24) is 14.9 Å². The largest absolute Gasteiger partial charge is 0.260 e. The lowest BCUT2D eigenvalue weighted by atomic mass is 10.2. The molecule has 0 bridgehead atoms. The lowest BCUT2D eigenvalue weighted by Crippen LogP contribution is -2.40. The molecular weight excluding hydrogens is 164 g/mol. The standard InChI is InChI=1S/C9H11N4/c1-8-3-4-10-7-9(8)13-6-5-11-12(13)2/h3-7H,1-2H3/q+1. The molecule has 0 aliphatic heterocycles. The van der Waals surface area contributed by atoms with E-state index in [0.717, 1.165) is 5.69 Å². The van der Waals surface area contributed by atoms with Crippen molar-refractivity contribution in [3.8, 4) is 5.69 Å². The minimum absolute atomic E-state index is 1.06. The highest BCUT2D eigenvalue weighted by Gasteiger charge is 2.09. The Kier molecular flexibility index (Phi) is 1.81. The van der Waals surface area contributed by atoms with Gasteiger partial charge in [0.15, 0.2) is 11.9 Å². The van der Waals surface area contributed by atoms with Gasteiger partial charge in [-0.15, -0.1) is 4.68 Å². The van der Waals surface area contributed by atoms with E-state index in [1.54, 1.807) is 17.2 Å². The van der Waals surface area contributed by atoms with Crippen molar-refractivity contribution >= 4 is 0 Å².